The molecule has 16 heavy (non-hydrogen) atoms. The van der Waals surface area contributed by atoms with Gasteiger partial charge in [-0.3, -0.25) is 4.90 Å². The van der Waals surface area contributed by atoms with Crippen molar-refractivity contribution < 1.29 is 9.90 Å². The smallest absolute Gasteiger partial charge is 0.331 e. The van der Waals surface area contributed by atoms with Crippen LogP contribution in [0.25, 0.3) is 0 Å². The van der Waals surface area contributed by atoms with Crippen LogP contribution in [0.2, 0.25) is 0 Å². The van der Waals surface area contributed by atoms with Crippen molar-refractivity contribution in [2.45, 2.75) is 57.5 Å². The summed E-state index contributed by atoms with van der Waals surface area (Å²) in [5, 5.41) is 8.86. The van der Waals surface area contributed by atoms with E-state index in [4.69, 9.17) is 5.11 Å². The van der Waals surface area contributed by atoms with E-state index in [9.17, 15) is 4.79 Å². The third-order valence-corrected chi connectivity index (χ3v) is 3.93. The molecule has 0 aromatic heterocycles. The zero-order chi connectivity index (χ0) is 11.5. The fraction of sp³-hybridized carbons (Fsp3) is 0.769. The van der Waals surface area contributed by atoms with Gasteiger partial charge in [0.05, 0.1) is 0 Å². The van der Waals surface area contributed by atoms with Gasteiger partial charge in [0, 0.05) is 24.2 Å². The van der Waals surface area contributed by atoms with Gasteiger partial charge in [-0.1, -0.05) is 25.3 Å². The van der Waals surface area contributed by atoms with Crippen LogP contribution < -0.4 is 0 Å². The first-order valence-electron chi connectivity index (χ1n) is 6.36. The molecule has 2 rings (SSSR count). The van der Waals surface area contributed by atoms with E-state index >= 15 is 0 Å². The molecule has 1 saturated heterocycles. The fourth-order valence-electron chi connectivity index (χ4n) is 2.83. The first-order chi connectivity index (χ1) is 7.68. The van der Waals surface area contributed by atoms with Gasteiger partial charge in [-0.05, 0) is 26.2 Å². The van der Waals surface area contributed by atoms with Crippen molar-refractivity contribution in [3.63, 3.8) is 0 Å². The van der Waals surface area contributed by atoms with E-state index in [1.54, 1.807) is 6.92 Å². The summed E-state index contributed by atoms with van der Waals surface area (Å²) in [5.74, 6) is -0.782. The van der Waals surface area contributed by atoms with E-state index in [1.165, 1.54) is 32.1 Å². The Kier molecular flexibility index (Phi) is 3.64. The summed E-state index contributed by atoms with van der Waals surface area (Å²) in [6.45, 7) is 2.85. The van der Waals surface area contributed by atoms with Crippen molar-refractivity contribution in [1.29, 1.82) is 0 Å². The topological polar surface area (TPSA) is 40.5 Å². The normalized spacial score (nSPS) is 28.8. The summed E-state index contributed by atoms with van der Waals surface area (Å²) in [7, 11) is 0. The van der Waals surface area contributed by atoms with Crippen LogP contribution in [0.4, 0.5) is 0 Å². The average molecular weight is 223 g/mol. The molecule has 0 amide bonds. The quantitative estimate of drug-likeness (QED) is 0.747. The van der Waals surface area contributed by atoms with Crippen molar-refractivity contribution in [3.8, 4) is 0 Å². The molecule has 0 aromatic rings. The molecule has 0 bridgehead atoms. The highest BCUT2D eigenvalue weighted by atomic mass is 16.4. The van der Waals surface area contributed by atoms with E-state index < -0.39 is 5.97 Å². The standard InChI is InChI=1S/C13H21NO2/c1-10(13(15)16)9-12-7-8-14(12)11-5-3-2-4-6-11/h9,11-12H,2-8H2,1H3,(H,15,16). The number of carboxylic acids is 1. The zero-order valence-corrected chi connectivity index (χ0v) is 9.98. The lowest BCUT2D eigenvalue weighted by atomic mass is 9.88. The zero-order valence-electron chi connectivity index (χ0n) is 9.98. The van der Waals surface area contributed by atoms with Gasteiger partial charge in [0.1, 0.15) is 0 Å². The fourth-order valence-corrected chi connectivity index (χ4v) is 2.83. The van der Waals surface area contributed by atoms with Crippen molar-refractivity contribution in [3.05, 3.63) is 11.6 Å². The van der Waals surface area contributed by atoms with Crippen molar-refractivity contribution in [2.75, 3.05) is 6.54 Å². The summed E-state index contributed by atoms with van der Waals surface area (Å²) < 4.78 is 0. The highest BCUT2D eigenvalue weighted by Gasteiger charge is 2.33. The van der Waals surface area contributed by atoms with Gasteiger partial charge < -0.3 is 5.11 Å². The molecule has 1 atom stereocenters. The maximum absolute atomic E-state index is 10.8. The van der Waals surface area contributed by atoms with E-state index in [0.717, 1.165) is 13.0 Å². The Morgan fingerprint density at radius 2 is 1.94 bits per heavy atom. The Bertz CT molecular complexity index is 292. The molecule has 90 valence electrons. The van der Waals surface area contributed by atoms with Gasteiger partial charge in [0.15, 0.2) is 0 Å². The summed E-state index contributed by atoms with van der Waals surface area (Å²) in [6, 6.07) is 1.10. The molecular weight excluding hydrogens is 202 g/mol. The van der Waals surface area contributed by atoms with E-state index in [0.29, 0.717) is 17.7 Å². The number of nitrogens with zero attached hydrogens (tertiary/aromatic N) is 1. The van der Waals surface area contributed by atoms with Gasteiger partial charge in [0.25, 0.3) is 0 Å². The highest BCUT2D eigenvalue weighted by molar-refractivity contribution is 5.85. The van der Waals surface area contributed by atoms with Crippen molar-refractivity contribution in [2.24, 2.45) is 0 Å². The third-order valence-electron chi connectivity index (χ3n) is 3.93. The first kappa shape index (κ1) is 11.6. The molecule has 0 spiro atoms. The van der Waals surface area contributed by atoms with Crippen LogP contribution in [0.3, 0.4) is 0 Å². The summed E-state index contributed by atoms with van der Waals surface area (Å²) >= 11 is 0. The van der Waals surface area contributed by atoms with E-state index in [1.807, 2.05) is 6.08 Å². The van der Waals surface area contributed by atoms with Gasteiger partial charge in [-0.25, -0.2) is 4.79 Å². The lowest BCUT2D eigenvalue weighted by molar-refractivity contribution is -0.132. The Hall–Kier alpha value is -0.830. The molecule has 0 radical (unpaired) electrons. The third kappa shape index (κ3) is 2.46. The van der Waals surface area contributed by atoms with Gasteiger partial charge in [0.2, 0.25) is 0 Å². The molecule has 1 N–H and O–H groups in total. The van der Waals surface area contributed by atoms with Gasteiger partial charge >= 0.3 is 5.97 Å². The molecule has 1 unspecified atom stereocenters. The second kappa shape index (κ2) is 5.00. The number of carboxylic acid groups (broad SMARTS) is 1. The SMILES string of the molecule is CC(=CC1CCN1C1CCCCC1)C(=O)O. The Morgan fingerprint density at radius 1 is 1.25 bits per heavy atom. The minimum atomic E-state index is -0.782. The number of hydrogen-bond donors (Lipinski definition) is 1. The predicted molar refractivity (Wildman–Crippen MR) is 63.4 cm³/mol. The Balaban J connectivity index is 1.92. The number of rotatable bonds is 3. The number of carbonyl (C=O) groups is 1. The minimum absolute atomic E-state index is 0.388. The van der Waals surface area contributed by atoms with Crippen LogP contribution in [0, 0.1) is 0 Å². The summed E-state index contributed by atoms with van der Waals surface area (Å²) in [5.41, 5.74) is 0.491. The molecule has 1 heterocycles. The van der Waals surface area contributed by atoms with Crippen LogP contribution in [-0.2, 0) is 4.79 Å². The molecule has 1 aliphatic heterocycles. The first-order valence-corrected chi connectivity index (χ1v) is 6.36. The molecule has 2 aliphatic rings. The van der Waals surface area contributed by atoms with Gasteiger partial charge in [-0.2, -0.15) is 0 Å². The van der Waals surface area contributed by atoms with Gasteiger partial charge in [-0.15, -0.1) is 0 Å². The second-order valence-electron chi connectivity index (χ2n) is 5.04. The van der Waals surface area contributed by atoms with Crippen LogP contribution >= 0.6 is 0 Å². The lowest BCUT2D eigenvalue weighted by Crippen LogP contribution is -2.53. The Morgan fingerprint density at radius 3 is 2.44 bits per heavy atom. The monoisotopic (exact) mass is 223 g/mol. The molecule has 3 heteroatoms. The van der Waals surface area contributed by atoms with Crippen LogP contribution in [0.1, 0.15) is 45.4 Å². The maximum Gasteiger partial charge on any atom is 0.331 e. The van der Waals surface area contributed by atoms with E-state index in [-0.39, 0.29) is 0 Å². The number of likely N-dealkylation sites (tertiary alicyclic amines) is 1. The molecule has 1 aliphatic carbocycles. The predicted octanol–water partition coefficient (Wildman–Crippen LogP) is 2.42. The minimum Gasteiger partial charge on any atom is -0.478 e. The van der Waals surface area contributed by atoms with Crippen LogP contribution in [0.15, 0.2) is 11.6 Å². The van der Waals surface area contributed by atoms with E-state index in [2.05, 4.69) is 4.90 Å². The van der Waals surface area contributed by atoms with Crippen LogP contribution in [0.5, 0.6) is 0 Å². The summed E-state index contributed by atoms with van der Waals surface area (Å²) in [6.07, 6.45) is 9.72. The van der Waals surface area contributed by atoms with Crippen LogP contribution in [-0.4, -0.2) is 34.6 Å². The van der Waals surface area contributed by atoms with Crippen molar-refractivity contribution in [1.82, 2.24) is 4.90 Å². The maximum atomic E-state index is 10.8. The highest BCUT2D eigenvalue weighted by Crippen LogP contribution is 2.30. The number of aliphatic carboxylic acids is 1. The van der Waals surface area contributed by atoms with Crippen molar-refractivity contribution >= 4 is 5.97 Å². The molecular formula is C13H21NO2. The second-order valence-corrected chi connectivity index (χ2v) is 5.04. The molecule has 1 saturated carbocycles. The average Bonchev–Trinajstić information content (AvgIpc) is 2.25. The number of hydrogen-bond acceptors (Lipinski definition) is 2. The largest absolute Gasteiger partial charge is 0.478 e. The Labute approximate surface area is 97.1 Å². The molecule has 3 nitrogen and oxygen atoms in total. The molecule has 0 aromatic carbocycles. The summed E-state index contributed by atoms with van der Waals surface area (Å²) in [4.78, 5) is 13.3. The molecule has 2 fully saturated rings. The lowest BCUT2D eigenvalue weighted by Gasteiger charge is -2.46.